The van der Waals surface area contributed by atoms with Gasteiger partial charge in [0.25, 0.3) is 0 Å². The molecule has 0 aliphatic heterocycles. The maximum Gasteiger partial charge on any atom is 0.162 e. The Kier molecular flexibility index (Phi) is 4.61. The Labute approximate surface area is 126 Å². The van der Waals surface area contributed by atoms with E-state index >= 15 is 0 Å². The van der Waals surface area contributed by atoms with Crippen LogP contribution in [-0.4, -0.2) is 0 Å². The number of hydrogen-bond acceptors (Lipinski definition) is 0. The maximum atomic E-state index is 13.8. The Morgan fingerprint density at radius 2 is 1.76 bits per heavy atom. The Bertz CT molecular complexity index is 487. The summed E-state index contributed by atoms with van der Waals surface area (Å²) >= 11 is 0. The van der Waals surface area contributed by atoms with Crippen molar-refractivity contribution in [2.24, 2.45) is 17.8 Å². The molecule has 1 saturated carbocycles. The average molecular weight is 292 g/mol. The highest BCUT2D eigenvalue weighted by Crippen LogP contribution is 2.41. The predicted octanol–water partition coefficient (Wildman–Crippen LogP) is 5.68. The zero-order chi connectivity index (χ0) is 14.8. The molecule has 0 N–H and O–H groups in total. The van der Waals surface area contributed by atoms with E-state index in [0.29, 0.717) is 11.5 Å². The second-order valence-electron chi connectivity index (χ2n) is 7.07. The first-order chi connectivity index (χ1) is 10.2. The molecular formula is C19H26F2. The number of fused-ring (bicyclic) bond motifs is 1. The third-order valence-corrected chi connectivity index (χ3v) is 5.80. The van der Waals surface area contributed by atoms with Crippen LogP contribution in [0.3, 0.4) is 0 Å². The minimum atomic E-state index is -0.688. The second kappa shape index (κ2) is 6.46. The molecule has 0 heterocycles. The van der Waals surface area contributed by atoms with Crippen LogP contribution < -0.4 is 0 Å². The first kappa shape index (κ1) is 15.0. The predicted molar refractivity (Wildman–Crippen MR) is 82.2 cm³/mol. The van der Waals surface area contributed by atoms with Crippen LogP contribution in [0.1, 0.15) is 63.0 Å². The van der Waals surface area contributed by atoms with Crippen LogP contribution in [0, 0.1) is 29.4 Å². The smallest absolute Gasteiger partial charge is 0.162 e. The van der Waals surface area contributed by atoms with Gasteiger partial charge in [0.1, 0.15) is 0 Å². The zero-order valence-electron chi connectivity index (χ0n) is 13.0. The summed E-state index contributed by atoms with van der Waals surface area (Å²) in [5, 5.41) is 0. The van der Waals surface area contributed by atoms with E-state index in [4.69, 9.17) is 0 Å². The number of hydrogen-bond donors (Lipinski definition) is 0. The zero-order valence-corrected chi connectivity index (χ0v) is 13.0. The van der Waals surface area contributed by atoms with E-state index in [-0.39, 0.29) is 0 Å². The van der Waals surface area contributed by atoms with Gasteiger partial charge >= 0.3 is 0 Å². The van der Waals surface area contributed by atoms with Crippen LogP contribution in [0.5, 0.6) is 0 Å². The molecule has 0 radical (unpaired) electrons. The summed E-state index contributed by atoms with van der Waals surface area (Å²) in [6, 6.07) is 3.11. The standard InChI is InChI=1S/C19H26F2/c1-2-3-13-4-6-14(7-5-13)15-8-10-17-16(12-15)9-11-18(20)19(17)21/h9,11,13-15H,2-8,10,12H2,1H3/t13?,14?,15-/m1/s1. The lowest BCUT2D eigenvalue weighted by molar-refractivity contribution is 0.183. The van der Waals surface area contributed by atoms with Crippen molar-refractivity contribution in [2.45, 2.75) is 64.7 Å². The van der Waals surface area contributed by atoms with Gasteiger partial charge in [0.05, 0.1) is 0 Å². The van der Waals surface area contributed by atoms with Crippen LogP contribution >= 0.6 is 0 Å². The van der Waals surface area contributed by atoms with Crippen LogP contribution in [0.15, 0.2) is 12.1 Å². The molecule has 0 unspecified atom stereocenters. The van der Waals surface area contributed by atoms with E-state index in [2.05, 4.69) is 6.92 Å². The van der Waals surface area contributed by atoms with E-state index in [0.717, 1.165) is 36.7 Å². The molecule has 0 bridgehead atoms. The van der Waals surface area contributed by atoms with Crippen molar-refractivity contribution in [3.8, 4) is 0 Å². The van der Waals surface area contributed by atoms with Crippen molar-refractivity contribution in [2.75, 3.05) is 0 Å². The summed E-state index contributed by atoms with van der Waals surface area (Å²) in [5.41, 5.74) is 1.70. The van der Waals surface area contributed by atoms with Crippen molar-refractivity contribution in [3.05, 3.63) is 34.9 Å². The highest BCUT2D eigenvalue weighted by atomic mass is 19.2. The minimum absolute atomic E-state index is 0.599. The first-order valence-electron chi connectivity index (χ1n) is 8.64. The maximum absolute atomic E-state index is 13.8. The quantitative estimate of drug-likeness (QED) is 0.672. The molecule has 3 rings (SSSR count). The molecule has 0 spiro atoms. The van der Waals surface area contributed by atoms with Crippen LogP contribution in [0.4, 0.5) is 8.78 Å². The van der Waals surface area contributed by atoms with Gasteiger partial charge in [-0.25, -0.2) is 8.78 Å². The molecule has 2 heteroatoms. The number of benzene rings is 1. The average Bonchev–Trinajstić information content (AvgIpc) is 2.52. The lowest BCUT2D eigenvalue weighted by Gasteiger charge is -2.36. The Balaban J connectivity index is 1.63. The highest BCUT2D eigenvalue weighted by molar-refractivity contribution is 5.32. The van der Waals surface area contributed by atoms with E-state index in [1.54, 1.807) is 0 Å². The molecular weight excluding hydrogens is 266 g/mol. The number of rotatable bonds is 3. The molecule has 1 atom stereocenters. The summed E-state index contributed by atoms with van der Waals surface area (Å²) in [7, 11) is 0. The van der Waals surface area contributed by atoms with Crippen LogP contribution in [-0.2, 0) is 12.8 Å². The SMILES string of the molecule is CCCC1CCC([C@@H]2CCc3c(ccc(F)c3F)C2)CC1. The Hall–Kier alpha value is -0.920. The molecule has 116 valence electrons. The van der Waals surface area contributed by atoms with Crippen LogP contribution in [0.2, 0.25) is 0 Å². The van der Waals surface area contributed by atoms with Crippen molar-refractivity contribution < 1.29 is 8.78 Å². The molecule has 2 aliphatic rings. The van der Waals surface area contributed by atoms with Gasteiger partial charge in [-0.05, 0) is 67.1 Å². The van der Waals surface area contributed by atoms with E-state index in [9.17, 15) is 8.78 Å². The normalized spacial score (nSPS) is 29.2. The molecule has 0 amide bonds. The molecule has 21 heavy (non-hydrogen) atoms. The van der Waals surface area contributed by atoms with Gasteiger partial charge in [0, 0.05) is 0 Å². The summed E-state index contributed by atoms with van der Waals surface area (Å²) in [5.74, 6) is 1.14. The Morgan fingerprint density at radius 3 is 2.48 bits per heavy atom. The highest BCUT2D eigenvalue weighted by Gasteiger charge is 2.31. The van der Waals surface area contributed by atoms with Gasteiger partial charge in [-0.15, -0.1) is 0 Å². The first-order valence-corrected chi connectivity index (χ1v) is 8.64. The third-order valence-electron chi connectivity index (χ3n) is 5.80. The van der Waals surface area contributed by atoms with Crippen molar-refractivity contribution >= 4 is 0 Å². The molecule has 1 fully saturated rings. The van der Waals surface area contributed by atoms with E-state index in [1.165, 1.54) is 44.6 Å². The van der Waals surface area contributed by atoms with Gasteiger partial charge in [0.15, 0.2) is 11.6 Å². The summed E-state index contributed by atoms with van der Waals surface area (Å²) < 4.78 is 27.1. The van der Waals surface area contributed by atoms with Gasteiger partial charge < -0.3 is 0 Å². The minimum Gasteiger partial charge on any atom is -0.204 e. The summed E-state index contributed by atoms with van der Waals surface area (Å²) in [4.78, 5) is 0. The van der Waals surface area contributed by atoms with Crippen molar-refractivity contribution in [3.63, 3.8) is 0 Å². The fourth-order valence-corrected chi connectivity index (χ4v) is 4.57. The monoisotopic (exact) mass is 292 g/mol. The summed E-state index contributed by atoms with van der Waals surface area (Å²) in [6.07, 6.45) is 10.8. The lowest BCUT2D eigenvalue weighted by Crippen LogP contribution is -2.27. The van der Waals surface area contributed by atoms with Crippen molar-refractivity contribution in [1.29, 1.82) is 0 Å². The van der Waals surface area contributed by atoms with Gasteiger partial charge in [0.2, 0.25) is 0 Å². The molecule has 0 saturated heterocycles. The lowest BCUT2D eigenvalue weighted by atomic mass is 9.69. The van der Waals surface area contributed by atoms with E-state index in [1.807, 2.05) is 6.07 Å². The third kappa shape index (κ3) is 3.14. The molecule has 0 aromatic heterocycles. The van der Waals surface area contributed by atoms with Gasteiger partial charge in [-0.3, -0.25) is 0 Å². The molecule has 1 aromatic carbocycles. The van der Waals surface area contributed by atoms with Gasteiger partial charge in [-0.2, -0.15) is 0 Å². The van der Waals surface area contributed by atoms with Gasteiger partial charge in [-0.1, -0.05) is 38.7 Å². The summed E-state index contributed by atoms with van der Waals surface area (Å²) in [6.45, 7) is 2.28. The Morgan fingerprint density at radius 1 is 1.00 bits per heavy atom. The van der Waals surface area contributed by atoms with Crippen molar-refractivity contribution in [1.82, 2.24) is 0 Å². The molecule has 0 nitrogen and oxygen atoms in total. The number of halogens is 2. The van der Waals surface area contributed by atoms with Crippen LogP contribution in [0.25, 0.3) is 0 Å². The topological polar surface area (TPSA) is 0 Å². The largest absolute Gasteiger partial charge is 0.204 e. The molecule has 1 aromatic rings. The fourth-order valence-electron chi connectivity index (χ4n) is 4.57. The second-order valence-corrected chi connectivity index (χ2v) is 7.07. The van der Waals surface area contributed by atoms with E-state index < -0.39 is 11.6 Å². The fraction of sp³-hybridized carbons (Fsp3) is 0.684. The molecule has 2 aliphatic carbocycles.